The maximum absolute atomic E-state index is 13.7. The fourth-order valence-corrected chi connectivity index (χ4v) is 5.78. The highest BCUT2D eigenvalue weighted by molar-refractivity contribution is 5.96. The maximum Gasteiger partial charge on any atom is 0.253 e. The van der Waals surface area contributed by atoms with Crippen LogP contribution >= 0.6 is 0 Å². The third-order valence-electron chi connectivity index (χ3n) is 7.88. The number of para-hydroxylation sites is 1. The molecule has 5 amide bonds. The van der Waals surface area contributed by atoms with Crippen LogP contribution in [0.25, 0.3) is 10.9 Å². The highest BCUT2D eigenvalue weighted by Crippen LogP contribution is 2.23. The molecule has 3 atom stereocenters. The minimum atomic E-state index is -1.10. The van der Waals surface area contributed by atoms with Gasteiger partial charge in [0.15, 0.2) is 0 Å². The molecule has 2 aliphatic heterocycles. The van der Waals surface area contributed by atoms with Crippen molar-refractivity contribution in [2.24, 2.45) is 0 Å². The van der Waals surface area contributed by atoms with E-state index < -0.39 is 17.9 Å². The van der Waals surface area contributed by atoms with E-state index in [4.69, 9.17) is 4.74 Å². The first-order chi connectivity index (χ1) is 20.6. The van der Waals surface area contributed by atoms with Crippen LogP contribution in [0.1, 0.15) is 29.3 Å². The summed E-state index contributed by atoms with van der Waals surface area (Å²) in [6, 6.07) is 12.6. The normalized spacial score (nSPS) is 21.6. The minimum Gasteiger partial charge on any atom is -0.491 e. The van der Waals surface area contributed by atoms with Crippen LogP contribution in [0.4, 0.5) is 0 Å². The molecule has 0 unspecified atom stereocenters. The van der Waals surface area contributed by atoms with Crippen molar-refractivity contribution >= 4 is 40.4 Å². The van der Waals surface area contributed by atoms with Gasteiger partial charge in [-0.2, -0.15) is 0 Å². The summed E-state index contributed by atoms with van der Waals surface area (Å²) in [6.45, 7) is 1.49. The van der Waals surface area contributed by atoms with Gasteiger partial charge in [-0.25, -0.2) is 0 Å². The molecule has 12 heteroatoms. The number of amides is 5. The molecule has 12 nitrogen and oxygen atoms in total. The van der Waals surface area contributed by atoms with E-state index >= 15 is 0 Å². The number of rotatable bonds is 4. The molecular weight excluding hydrogens is 552 g/mol. The molecule has 0 spiro atoms. The molecule has 2 aromatic carbocycles. The van der Waals surface area contributed by atoms with Crippen LogP contribution < -0.4 is 15.4 Å². The largest absolute Gasteiger partial charge is 0.491 e. The van der Waals surface area contributed by atoms with Crippen molar-refractivity contribution in [1.82, 2.24) is 30.3 Å². The highest BCUT2D eigenvalue weighted by Gasteiger charge is 2.38. The Hall–Kier alpha value is -4.87. The van der Waals surface area contributed by atoms with Gasteiger partial charge >= 0.3 is 0 Å². The summed E-state index contributed by atoms with van der Waals surface area (Å²) in [5, 5.41) is 6.58. The van der Waals surface area contributed by atoms with Gasteiger partial charge in [-0.3, -0.25) is 24.0 Å². The number of nitrogens with one attached hydrogen (secondary N) is 3. The van der Waals surface area contributed by atoms with E-state index in [2.05, 4.69) is 15.6 Å². The summed E-state index contributed by atoms with van der Waals surface area (Å²) in [6.07, 6.45) is 2.27. The number of aromatic nitrogens is 1. The van der Waals surface area contributed by atoms with Gasteiger partial charge in [0.1, 0.15) is 18.4 Å². The molecule has 43 heavy (non-hydrogen) atoms. The zero-order chi connectivity index (χ0) is 30.7. The number of benzene rings is 2. The molecule has 3 aromatic rings. The van der Waals surface area contributed by atoms with Crippen molar-refractivity contribution in [3.8, 4) is 5.75 Å². The monoisotopic (exact) mass is 588 g/mol. The topological polar surface area (TPSA) is 144 Å². The number of nitrogens with zero attached hydrogens (tertiary/aromatic N) is 3. The van der Waals surface area contributed by atoms with Crippen molar-refractivity contribution in [3.05, 3.63) is 65.9 Å². The van der Waals surface area contributed by atoms with Crippen LogP contribution in [-0.2, 0) is 25.6 Å². The zero-order valence-corrected chi connectivity index (χ0v) is 24.5. The van der Waals surface area contributed by atoms with E-state index in [0.717, 1.165) is 16.5 Å². The maximum atomic E-state index is 13.7. The average Bonchev–Trinajstić information content (AvgIpc) is 3.58. The lowest BCUT2D eigenvalue weighted by Gasteiger charge is -2.30. The van der Waals surface area contributed by atoms with Crippen molar-refractivity contribution in [2.75, 3.05) is 40.3 Å². The van der Waals surface area contributed by atoms with E-state index in [1.807, 2.05) is 24.3 Å². The van der Waals surface area contributed by atoms with Gasteiger partial charge in [0, 0.05) is 62.8 Å². The van der Waals surface area contributed by atoms with Gasteiger partial charge in [-0.1, -0.05) is 24.3 Å². The number of fused-ring (bicyclic) bond motifs is 4. The Morgan fingerprint density at radius 2 is 1.79 bits per heavy atom. The fraction of sp³-hybridized carbons (Fsp3) is 0.387. The Morgan fingerprint density at radius 3 is 2.58 bits per heavy atom. The molecule has 3 heterocycles. The standard InChI is InChI=1S/C31H36N6O6/c1-19(38)33-22-13-23-18-43-24-8-6-7-20(11-24)30(41)35(2)16-27(31(42)36(3)17-29(40)37(23)15-22)34-28(39)12-21-14-32-26-10-5-4-9-25(21)26/h4-11,14,22-23,27,32H,12-13,15-18H2,1-3H3,(H,33,38)(H,34,39)/t22-,23-,27-/m0/s1. The second-order valence-corrected chi connectivity index (χ2v) is 11.2. The van der Waals surface area contributed by atoms with Gasteiger partial charge in [-0.05, 0) is 36.2 Å². The summed E-state index contributed by atoms with van der Waals surface area (Å²) in [4.78, 5) is 73.0. The summed E-state index contributed by atoms with van der Waals surface area (Å²) in [5.41, 5.74) is 2.03. The van der Waals surface area contributed by atoms with Crippen LogP contribution in [-0.4, -0.2) is 108 Å². The second-order valence-electron chi connectivity index (χ2n) is 11.2. The van der Waals surface area contributed by atoms with E-state index in [1.165, 1.54) is 23.8 Å². The van der Waals surface area contributed by atoms with E-state index in [9.17, 15) is 24.0 Å². The third kappa shape index (κ3) is 6.79. The molecule has 5 rings (SSSR count). The Labute approximate surface area is 249 Å². The van der Waals surface area contributed by atoms with E-state index in [-0.39, 0.29) is 62.5 Å². The lowest BCUT2D eigenvalue weighted by Crippen LogP contribution is -2.55. The molecule has 1 fully saturated rings. The molecule has 2 aliphatic rings. The average molecular weight is 589 g/mol. The molecular formula is C31H36N6O6. The van der Waals surface area contributed by atoms with Crippen LogP contribution in [0.15, 0.2) is 54.7 Å². The summed E-state index contributed by atoms with van der Waals surface area (Å²) < 4.78 is 6.01. The van der Waals surface area contributed by atoms with Gasteiger partial charge in [0.25, 0.3) is 5.91 Å². The minimum absolute atomic E-state index is 0.0213. The van der Waals surface area contributed by atoms with Crippen molar-refractivity contribution in [1.29, 1.82) is 0 Å². The Bertz CT molecular complexity index is 1550. The first-order valence-corrected chi connectivity index (χ1v) is 14.2. The summed E-state index contributed by atoms with van der Waals surface area (Å²) in [5.74, 6) is -1.30. The van der Waals surface area contributed by atoms with Gasteiger partial charge < -0.3 is 35.1 Å². The highest BCUT2D eigenvalue weighted by atomic mass is 16.5. The first kappa shape index (κ1) is 29.6. The van der Waals surface area contributed by atoms with Crippen LogP contribution in [0.5, 0.6) is 5.75 Å². The smallest absolute Gasteiger partial charge is 0.253 e. The fourth-order valence-electron chi connectivity index (χ4n) is 5.78. The lowest BCUT2D eigenvalue weighted by molar-refractivity contribution is -0.142. The molecule has 1 saturated heterocycles. The molecule has 0 aliphatic carbocycles. The SMILES string of the molecule is CC(=O)N[C@H]1C[C@H]2COc3cccc(c3)C(=O)N(C)C[C@H](NC(=O)Cc3c[nH]c4ccccc34)C(=O)N(C)CC(=O)N2C1. The Morgan fingerprint density at radius 1 is 1.00 bits per heavy atom. The number of H-pyrrole nitrogens is 1. The number of hydrogen-bond acceptors (Lipinski definition) is 6. The molecule has 1 aromatic heterocycles. The Balaban J connectivity index is 1.40. The van der Waals surface area contributed by atoms with Gasteiger partial charge in [0.2, 0.25) is 23.6 Å². The number of likely N-dealkylation sites (N-methyl/N-ethyl adjacent to an activating group) is 2. The molecule has 0 radical (unpaired) electrons. The number of aromatic amines is 1. The molecule has 3 N–H and O–H groups in total. The zero-order valence-electron chi connectivity index (χ0n) is 24.5. The van der Waals surface area contributed by atoms with E-state index in [0.29, 0.717) is 17.7 Å². The number of carbonyl (C=O) groups excluding carboxylic acids is 5. The number of hydrogen-bond donors (Lipinski definition) is 3. The van der Waals surface area contributed by atoms with Crippen LogP contribution in [0.2, 0.25) is 0 Å². The third-order valence-corrected chi connectivity index (χ3v) is 7.88. The Kier molecular flexibility index (Phi) is 8.65. The second kappa shape index (κ2) is 12.6. The van der Waals surface area contributed by atoms with Crippen molar-refractivity contribution < 1.29 is 28.7 Å². The lowest BCUT2D eigenvalue weighted by atomic mass is 10.1. The van der Waals surface area contributed by atoms with E-state index in [1.54, 1.807) is 42.4 Å². The summed E-state index contributed by atoms with van der Waals surface area (Å²) in [7, 11) is 3.05. The summed E-state index contributed by atoms with van der Waals surface area (Å²) >= 11 is 0. The van der Waals surface area contributed by atoms with Gasteiger partial charge in [0.05, 0.1) is 19.0 Å². The molecule has 0 saturated carbocycles. The van der Waals surface area contributed by atoms with Crippen molar-refractivity contribution in [3.63, 3.8) is 0 Å². The predicted octanol–water partition coefficient (Wildman–Crippen LogP) is 0.924. The number of carbonyl (C=O) groups is 5. The van der Waals surface area contributed by atoms with Crippen LogP contribution in [0, 0.1) is 0 Å². The number of ether oxygens (including phenoxy) is 1. The van der Waals surface area contributed by atoms with Crippen molar-refractivity contribution in [2.45, 2.75) is 37.9 Å². The molecule has 226 valence electrons. The van der Waals surface area contributed by atoms with Crippen LogP contribution in [0.3, 0.4) is 0 Å². The predicted molar refractivity (Wildman–Crippen MR) is 158 cm³/mol. The first-order valence-electron chi connectivity index (χ1n) is 14.2. The molecule has 2 bridgehead atoms. The van der Waals surface area contributed by atoms with Gasteiger partial charge in [-0.15, -0.1) is 0 Å². The quantitative estimate of drug-likeness (QED) is 0.414.